The van der Waals surface area contributed by atoms with Gasteiger partial charge in [-0.25, -0.2) is 4.98 Å². The van der Waals surface area contributed by atoms with E-state index in [1.54, 1.807) is 13.8 Å². The fourth-order valence-electron chi connectivity index (χ4n) is 2.07. The van der Waals surface area contributed by atoms with Crippen molar-refractivity contribution in [1.29, 1.82) is 0 Å². The van der Waals surface area contributed by atoms with Crippen LogP contribution in [-0.4, -0.2) is 29.1 Å². The summed E-state index contributed by atoms with van der Waals surface area (Å²) in [6, 6.07) is 2.24. The van der Waals surface area contributed by atoms with Crippen LogP contribution in [0.5, 0.6) is 0 Å². The Balaban J connectivity index is 1.73. The van der Waals surface area contributed by atoms with Gasteiger partial charge in [0, 0.05) is 19.3 Å². The number of carbonyl (C=O) groups excluding carboxylic acids is 1. The minimum atomic E-state index is -4.39. The molecule has 9 heteroatoms. The van der Waals surface area contributed by atoms with Crippen LogP contribution in [0, 0.1) is 13.8 Å². The zero-order valence-electron chi connectivity index (χ0n) is 13.2. The highest BCUT2D eigenvalue weighted by atomic mass is 19.4. The number of carbonyl (C=O) groups is 1. The number of alkyl halides is 3. The van der Waals surface area contributed by atoms with E-state index in [1.165, 1.54) is 6.07 Å². The Morgan fingerprint density at radius 3 is 2.54 bits per heavy atom. The Morgan fingerprint density at radius 1 is 1.25 bits per heavy atom. The first-order valence-electron chi connectivity index (χ1n) is 7.27. The molecule has 1 amide bonds. The summed E-state index contributed by atoms with van der Waals surface area (Å²) in [6.07, 6.45) is -3.03. The molecule has 6 nitrogen and oxygen atoms in total. The van der Waals surface area contributed by atoms with Crippen molar-refractivity contribution in [1.82, 2.24) is 15.5 Å². The summed E-state index contributed by atoms with van der Waals surface area (Å²) in [6.45, 7) is 4.20. The lowest BCUT2D eigenvalue weighted by Gasteiger charge is -2.09. The van der Waals surface area contributed by atoms with Gasteiger partial charge in [-0.2, -0.15) is 13.2 Å². The number of nitrogens with one attached hydrogen (secondary N) is 2. The van der Waals surface area contributed by atoms with E-state index < -0.39 is 11.7 Å². The lowest BCUT2D eigenvalue weighted by molar-refractivity contribution is -0.137. The number of hydrogen-bond acceptors (Lipinski definition) is 5. The number of anilines is 1. The largest absolute Gasteiger partial charge is 0.417 e. The Labute approximate surface area is 136 Å². The van der Waals surface area contributed by atoms with E-state index in [9.17, 15) is 18.0 Å². The van der Waals surface area contributed by atoms with Crippen LogP contribution in [0.15, 0.2) is 22.9 Å². The van der Waals surface area contributed by atoms with Gasteiger partial charge in [-0.1, -0.05) is 5.16 Å². The van der Waals surface area contributed by atoms with Gasteiger partial charge in [0.05, 0.1) is 11.3 Å². The van der Waals surface area contributed by atoms with Crippen LogP contribution in [0.1, 0.15) is 33.8 Å². The molecule has 0 aliphatic carbocycles. The van der Waals surface area contributed by atoms with Crippen LogP contribution in [0.4, 0.5) is 19.0 Å². The van der Waals surface area contributed by atoms with Crippen molar-refractivity contribution in [3.8, 4) is 0 Å². The number of hydrogen-bond donors (Lipinski definition) is 2. The average molecular weight is 342 g/mol. The van der Waals surface area contributed by atoms with Gasteiger partial charge in [-0.05, 0) is 32.4 Å². The Hall–Kier alpha value is -2.58. The topological polar surface area (TPSA) is 80.0 Å². The number of pyridine rings is 1. The van der Waals surface area contributed by atoms with Crippen molar-refractivity contribution < 1.29 is 22.5 Å². The number of halogens is 3. The molecule has 0 radical (unpaired) electrons. The maximum absolute atomic E-state index is 12.4. The van der Waals surface area contributed by atoms with Gasteiger partial charge in [-0.15, -0.1) is 0 Å². The van der Waals surface area contributed by atoms with E-state index in [1.807, 2.05) is 0 Å². The molecule has 2 rings (SSSR count). The molecule has 0 aliphatic rings. The number of aryl methyl sites for hydroxylation is 2. The second-order valence-corrected chi connectivity index (χ2v) is 5.17. The maximum Gasteiger partial charge on any atom is 0.417 e. The quantitative estimate of drug-likeness (QED) is 0.789. The van der Waals surface area contributed by atoms with E-state index in [4.69, 9.17) is 4.52 Å². The van der Waals surface area contributed by atoms with E-state index in [0.717, 1.165) is 12.3 Å². The number of amides is 1. The predicted molar refractivity (Wildman–Crippen MR) is 80.7 cm³/mol. The molecule has 24 heavy (non-hydrogen) atoms. The number of aromatic nitrogens is 2. The predicted octanol–water partition coefficient (Wildman–Crippen LogP) is 2.94. The van der Waals surface area contributed by atoms with Gasteiger partial charge in [0.1, 0.15) is 17.1 Å². The van der Waals surface area contributed by atoms with Gasteiger partial charge in [0.25, 0.3) is 5.91 Å². The molecule has 0 bridgehead atoms. The van der Waals surface area contributed by atoms with Crippen molar-refractivity contribution in [3.05, 3.63) is 40.9 Å². The van der Waals surface area contributed by atoms with Crippen molar-refractivity contribution >= 4 is 11.7 Å². The molecule has 2 aromatic rings. The van der Waals surface area contributed by atoms with Crippen molar-refractivity contribution in [2.75, 3.05) is 18.4 Å². The molecule has 0 fully saturated rings. The first kappa shape index (κ1) is 17.8. The SMILES string of the molecule is Cc1noc(C)c1C(=O)NCCCNc1ccc(C(F)(F)F)cn1. The van der Waals surface area contributed by atoms with Gasteiger partial charge < -0.3 is 15.2 Å². The van der Waals surface area contributed by atoms with Crippen LogP contribution in [-0.2, 0) is 6.18 Å². The molecule has 0 atom stereocenters. The molecular weight excluding hydrogens is 325 g/mol. The zero-order valence-corrected chi connectivity index (χ0v) is 13.2. The highest BCUT2D eigenvalue weighted by Crippen LogP contribution is 2.28. The van der Waals surface area contributed by atoms with Crippen LogP contribution in [0.25, 0.3) is 0 Å². The summed E-state index contributed by atoms with van der Waals surface area (Å²) in [4.78, 5) is 15.7. The average Bonchev–Trinajstić information content (AvgIpc) is 2.85. The molecule has 0 saturated heterocycles. The second-order valence-electron chi connectivity index (χ2n) is 5.17. The van der Waals surface area contributed by atoms with Gasteiger partial charge in [0.15, 0.2) is 0 Å². The minimum Gasteiger partial charge on any atom is -0.370 e. The Kier molecular flexibility index (Phi) is 5.42. The molecule has 2 N–H and O–H groups in total. The summed E-state index contributed by atoms with van der Waals surface area (Å²) in [5, 5.41) is 9.34. The van der Waals surface area contributed by atoms with Crippen LogP contribution in [0.2, 0.25) is 0 Å². The summed E-state index contributed by atoms with van der Waals surface area (Å²) < 4.78 is 42.2. The fraction of sp³-hybridized carbons (Fsp3) is 0.400. The number of rotatable bonds is 6. The zero-order chi connectivity index (χ0) is 17.7. The van der Waals surface area contributed by atoms with Crippen molar-refractivity contribution in [2.45, 2.75) is 26.4 Å². The van der Waals surface area contributed by atoms with E-state index in [2.05, 4.69) is 20.8 Å². The van der Waals surface area contributed by atoms with Crippen molar-refractivity contribution in [2.24, 2.45) is 0 Å². The molecule has 0 aliphatic heterocycles. The van der Waals surface area contributed by atoms with E-state index in [0.29, 0.717) is 42.3 Å². The summed E-state index contributed by atoms with van der Waals surface area (Å²) in [7, 11) is 0. The van der Waals surface area contributed by atoms with Crippen LogP contribution in [0.3, 0.4) is 0 Å². The number of nitrogens with zero attached hydrogens (tertiary/aromatic N) is 2. The minimum absolute atomic E-state index is 0.265. The molecule has 130 valence electrons. The standard InChI is InChI=1S/C15H17F3N4O2/c1-9-13(10(2)24-22-9)14(23)20-7-3-6-19-12-5-4-11(8-21-12)15(16,17)18/h4-5,8H,3,6-7H2,1-2H3,(H,19,21)(H,20,23). The molecule has 0 spiro atoms. The van der Waals surface area contributed by atoms with Crippen LogP contribution < -0.4 is 10.6 Å². The molecule has 0 unspecified atom stereocenters. The normalized spacial score (nSPS) is 11.4. The molecule has 0 aromatic carbocycles. The fourth-order valence-corrected chi connectivity index (χ4v) is 2.07. The lowest BCUT2D eigenvalue weighted by atomic mass is 10.2. The third-order valence-electron chi connectivity index (χ3n) is 3.30. The highest BCUT2D eigenvalue weighted by Gasteiger charge is 2.30. The monoisotopic (exact) mass is 342 g/mol. The van der Waals surface area contributed by atoms with Gasteiger partial charge in [0.2, 0.25) is 0 Å². The summed E-state index contributed by atoms with van der Waals surface area (Å²) in [5.41, 5.74) is 0.157. The van der Waals surface area contributed by atoms with Crippen molar-refractivity contribution in [3.63, 3.8) is 0 Å². The first-order valence-corrected chi connectivity index (χ1v) is 7.27. The summed E-state index contributed by atoms with van der Waals surface area (Å²) >= 11 is 0. The van der Waals surface area contributed by atoms with Crippen LogP contribution >= 0.6 is 0 Å². The lowest BCUT2D eigenvalue weighted by Crippen LogP contribution is -2.26. The molecular formula is C15H17F3N4O2. The first-order chi connectivity index (χ1) is 11.3. The highest BCUT2D eigenvalue weighted by molar-refractivity contribution is 5.96. The third-order valence-corrected chi connectivity index (χ3v) is 3.30. The molecule has 0 saturated carbocycles. The van der Waals surface area contributed by atoms with E-state index >= 15 is 0 Å². The Bertz CT molecular complexity index is 676. The Morgan fingerprint density at radius 2 is 2.00 bits per heavy atom. The molecule has 2 heterocycles. The maximum atomic E-state index is 12.4. The van der Waals surface area contributed by atoms with Gasteiger partial charge in [-0.3, -0.25) is 4.79 Å². The van der Waals surface area contributed by atoms with Gasteiger partial charge >= 0.3 is 6.18 Å². The molecule has 2 aromatic heterocycles. The second kappa shape index (κ2) is 7.33. The van der Waals surface area contributed by atoms with E-state index in [-0.39, 0.29) is 5.91 Å². The smallest absolute Gasteiger partial charge is 0.370 e. The summed E-state index contributed by atoms with van der Waals surface area (Å²) in [5.74, 6) is 0.538. The third kappa shape index (κ3) is 4.46.